The van der Waals surface area contributed by atoms with Gasteiger partial charge < -0.3 is 14.1 Å². The number of carbonyl (C=O) groups is 1. The number of hydrogen-bond acceptors (Lipinski definition) is 4. The Kier molecular flexibility index (Phi) is 3.46. The Hall–Kier alpha value is -1.85. The second-order valence-electron chi connectivity index (χ2n) is 4.51. The van der Waals surface area contributed by atoms with Crippen LogP contribution in [0.4, 0.5) is 0 Å². The third-order valence-electron chi connectivity index (χ3n) is 3.24. The van der Waals surface area contributed by atoms with Crippen LogP contribution in [0.25, 0.3) is 11.0 Å². The zero-order valence-corrected chi connectivity index (χ0v) is 11.4. The molecule has 1 amide bonds. The van der Waals surface area contributed by atoms with Gasteiger partial charge in [-0.15, -0.1) is 0 Å². The molecule has 1 aliphatic rings. The number of nitrogens with zero attached hydrogens (tertiary/aromatic N) is 1. The number of hydrogen-bond donors (Lipinski definition) is 0. The number of amides is 1. The lowest BCUT2D eigenvalue weighted by molar-refractivity contribution is 0.0300. The Morgan fingerprint density at radius 1 is 1.25 bits per heavy atom. The van der Waals surface area contributed by atoms with Crippen molar-refractivity contribution in [2.45, 2.75) is 0 Å². The van der Waals surface area contributed by atoms with Gasteiger partial charge >= 0.3 is 5.63 Å². The lowest BCUT2D eigenvalue weighted by Gasteiger charge is -2.26. The van der Waals surface area contributed by atoms with E-state index in [2.05, 4.69) is 0 Å². The fourth-order valence-electron chi connectivity index (χ4n) is 2.19. The summed E-state index contributed by atoms with van der Waals surface area (Å²) >= 11 is 5.97. The van der Waals surface area contributed by atoms with Crippen molar-refractivity contribution >= 4 is 28.5 Å². The summed E-state index contributed by atoms with van der Waals surface area (Å²) in [5.41, 5.74) is -0.332. The van der Waals surface area contributed by atoms with Gasteiger partial charge in [0.2, 0.25) is 0 Å². The molecule has 1 saturated heterocycles. The average molecular weight is 294 g/mol. The van der Waals surface area contributed by atoms with E-state index < -0.39 is 5.63 Å². The molecular formula is C14H12ClNO4. The van der Waals surface area contributed by atoms with Crippen molar-refractivity contribution in [1.82, 2.24) is 4.90 Å². The predicted molar refractivity (Wildman–Crippen MR) is 74.2 cm³/mol. The Labute approximate surface area is 119 Å². The Balaban J connectivity index is 2.05. The number of fused-ring (bicyclic) bond motifs is 1. The third kappa shape index (κ3) is 2.30. The third-order valence-corrected chi connectivity index (χ3v) is 3.54. The van der Waals surface area contributed by atoms with Crippen molar-refractivity contribution in [2.75, 3.05) is 26.3 Å². The molecule has 0 unspecified atom stereocenters. The highest BCUT2D eigenvalue weighted by Gasteiger charge is 2.22. The largest absolute Gasteiger partial charge is 0.421 e. The van der Waals surface area contributed by atoms with Gasteiger partial charge in [-0.05, 0) is 12.1 Å². The van der Waals surface area contributed by atoms with E-state index in [1.165, 1.54) is 6.07 Å². The quantitative estimate of drug-likeness (QED) is 0.754. The molecule has 0 bridgehead atoms. The van der Waals surface area contributed by atoms with Gasteiger partial charge in [0.1, 0.15) is 5.56 Å². The van der Waals surface area contributed by atoms with Crippen molar-refractivity contribution in [2.24, 2.45) is 0 Å². The minimum atomic E-state index is -0.665. The van der Waals surface area contributed by atoms with Gasteiger partial charge in [-0.2, -0.15) is 0 Å². The summed E-state index contributed by atoms with van der Waals surface area (Å²) < 4.78 is 10.4. The first kappa shape index (κ1) is 13.1. The first-order chi connectivity index (χ1) is 9.66. The van der Waals surface area contributed by atoms with Crippen molar-refractivity contribution in [3.8, 4) is 0 Å². The highest BCUT2D eigenvalue weighted by atomic mass is 35.5. The molecule has 1 aliphatic heterocycles. The van der Waals surface area contributed by atoms with E-state index in [0.717, 1.165) is 0 Å². The van der Waals surface area contributed by atoms with Crippen LogP contribution < -0.4 is 5.63 Å². The molecule has 0 atom stereocenters. The second-order valence-corrected chi connectivity index (χ2v) is 4.92. The highest BCUT2D eigenvalue weighted by molar-refractivity contribution is 6.34. The number of benzene rings is 1. The molecule has 0 radical (unpaired) electrons. The molecule has 1 aromatic heterocycles. The molecule has 6 heteroatoms. The zero-order valence-electron chi connectivity index (χ0n) is 10.6. The lowest BCUT2D eigenvalue weighted by Crippen LogP contribution is -2.42. The fourth-order valence-corrected chi connectivity index (χ4v) is 2.42. The van der Waals surface area contributed by atoms with E-state index in [4.69, 9.17) is 20.8 Å². The van der Waals surface area contributed by atoms with Gasteiger partial charge in [0.15, 0.2) is 5.58 Å². The number of halogens is 1. The van der Waals surface area contributed by atoms with E-state index >= 15 is 0 Å². The molecule has 5 nitrogen and oxygen atoms in total. The number of morpholine rings is 1. The van der Waals surface area contributed by atoms with Crippen LogP contribution in [0, 0.1) is 0 Å². The summed E-state index contributed by atoms with van der Waals surface area (Å²) in [6.45, 7) is 1.92. The molecule has 2 aromatic rings. The first-order valence-corrected chi connectivity index (χ1v) is 6.64. The van der Waals surface area contributed by atoms with Gasteiger partial charge in [0, 0.05) is 18.5 Å². The van der Waals surface area contributed by atoms with Crippen molar-refractivity contribution in [3.63, 3.8) is 0 Å². The van der Waals surface area contributed by atoms with Crippen LogP contribution in [0.2, 0.25) is 5.02 Å². The summed E-state index contributed by atoms with van der Waals surface area (Å²) in [5.74, 6) is -0.330. The first-order valence-electron chi connectivity index (χ1n) is 6.26. The number of rotatable bonds is 1. The van der Waals surface area contributed by atoms with Crippen LogP contribution in [-0.4, -0.2) is 37.1 Å². The van der Waals surface area contributed by atoms with Gasteiger partial charge in [-0.25, -0.2) is 4.79 Å². The topological polar surface area (TPSA) is 59.8 Å². The minimum absolute atomic E-state index is 0.0293. The van der Waals surface area contributed by atoms with E-state index in [1.54, 1.807) is 23.1 Å². The van der Waals surface area contributed by atoms with Crippen molar-refractivity contribution < 1.29 is 13.9 Å². The smallest absolute Gasteiger partial charge is 0.349 e. The second kappa shape index (κ2) is 5.26. The number of ether oxygens (including phenoxy) is 1. The molecule has 20 heavy (non-hydrogen) atoms. The number of para-hydroxylation sites is 1. The molecular weight excluding hydrogens is 282 g/mol. The maximum absolute atomic E-state index is 12.3. The maximum Gasteiger partial charge on any atom is 0.349 e. The molecule has 0 saturated carbocycles. The normalized spacial score (nSPS) is 15.6. The molecule has 2 heterocycles. The predicted octanol–water partition coefficient (Wildman–Crippen LogP) is 1.92. The molecule has 0 aliphatic carbocycles. The molecule has 1 aromatic carbocycles. The molecule has 0 N–H and O–H groups in total. The SMILES string of the molecule is O=C(c1cc2cccc(Cl)c2oc1=O)N1CCOCC1. The average Bonchev–Trinajstić information content (AvgIpc) is 2.48. The van der Waals surface area contributed by atoms with E-state index in [-0.39, 0.29) is 11.5 Å². The van der Waals surface area contributed by atoms with Crippen LogP contribution in [0.3, 0.4) is 0 Å². The van der Waals surface area contributed by atoms with Crippen LogP contribution in [0.5, 0.6) is 0 Å². The Morgan fingerprint density at radius 3 is 2.75 bits per heavy atom. The monoisotopic (exact) mass is 293 g/mol. The Bertz CT molecular complexity index is 719. The summed E-state index contributed by atoms with van der Waals surface area (Å²) in [6, 6.07) is 6.66. The maximum atomic E-state index is 12.3. The molecule has 0 spiro atoms. The minimum Gasteiger partial charge on any atom is -0.421 e. The van der Waals surface area contributed by atoms with E-state index in [1.807, 2.05) is 0 Å². The number of carbonyl (C=O) groups excluding carboxylic acids is 1. The zero-order chi connectivity index (χ0) is 14.1. The molecule has 3 rings (SSSR count). The molecule has 1 fully saturated rings. The van der Waals surface area contributed by atoms with Crippen LogP contribution in [0.1, 0.15) is 10.4 Å². The summed E-state index contributed by atoms with van der Waals surface area (Å²) in [7, 11) is 0. The van der Waals surface area contributed by atoms with Crippen molar-refractivity contribution in [3.05, 3.63) is 45.3 Å². The molecule has 104 valence electrons. The summed E-state index contributed by atoms with van der Waals surface area (Å²) in [5, 5.41) is 0.985. The highest BCUT2D eigenvalue weighted by Crippen LogP contribution is 2.22. The Morgan fingerprint density at radius 2 is 2.00 bits per heavy atom. The van der Waals surface area contributed by atoms with Gasteiger partial charge in [-0.3, -0.25) is 4.79 Å². The fraction of sp³-hybridized carbons (Fsp3) is 0.286. The van der Waals surface area contributed by atoms with E-state index in [9.17, 15) is 9.59 Å². The standard InChI is InChI=1S/C14H12ClNO4/c15-11-3-1-2-9-8-10(14(18)20-12(9)11)13(17)16-4-6-19-7-5-16/h1-3,8H,4-7H2. The lowest BCUT2D eigenvalue weighted by atomic mass is 10.1. The van der Waals surface area contributed by atoms with Crippen molar-refractivity contribution in [1.29, 1.82) is 0 Å². The van der Waals surface area contributed by atoms with Gasteiger partial charge in [-0.1, -0.05) is 23.7 Å². The summed E-state index contributed by atoms with van der Waals surface area (Å²) in [4.78, 5) is 25.9. The van der Waals surface area contributed by atoms with Crippen LogP contribution in [-0.2, 0) is 4.74 Å². The van der Waals surface area contributed by atoms with Crippen LogP contribution in [0.15, 0.2) is 33.5 Å². The van der Waals surface area contributed by atoms with E-state index in [0.29, 0.717) is 42.3 Å². The summed E-state index contributed by atoms with van der Waals surface area (Å²) in [6.07, 6.45) is 0. The van der Waals surface area contributed by atoms with Crippen LogP contribution >= 0.6 is 11.6 Å². The van der Waals surface area contributed by atoms with Gasteiger partial charge in [0.25, 0.3) is 5.91 Å². The van der Waals surface area contributed by atoms with Gasteiger partial charge in [0.05, 0.1) is 18.2 Å².